The molecular formula is C17H25IO8. The van der Waals surface area contributed by atoms with Gasteiger partial charge in [-0.15, -0.1) is 0 Å². The van der Waals surface area contributed by atoms with E-state index in [0.717, 1.165) is 0 Å². The van der Waals surface area contributed by atoms with Crippen LogP contribution in [0.25, 0.3) is 0 Å². The van der Waals surface area contributed by atoms with E-state index in [2.05, 4.69) is 6.58 Å². The van der Waals surface area contributed by atoms with E-state index < -0.39 is 41.8 Å². The van der Waals surface area contributed by atoms with E-state index in [1.807, 2.05) is 0 Å². The number of hydrogen-bond donors (Lipinski definition) is 0. The lowest BCUT2D eigenvalue weighted by molar-refractivity contribution is -0.195. The van der Waals surface area contributed by atoms with E-state index in [1.54, 1.807) is 50.3 Å². The second kappa shape index (κ2) is 8.51. The van der Waals surface area contributed by atoms with Gasteiger partial charge in [0.15, 0.2) is 17.7 Å². The number of ether oxygens (including phenoxy) is 6. The average molecular weight is 484 g/mol. The van der Waals surface area contributed by atoms with Crippen molar-refractivity contribution in [2.24, 2.45) is 0 Å². The third-order valence-electron chi connectivity index (χ3n) is 3.82. The van der Waals surface area contributed by atoms with Gasteiger partial charge < -0.3 is 28.4 Å². The van der Waals surface area contributed by atoms with Gasteiger partial charge in [0, 0.05) is 0 Å². The highest BCUT2D eigenvalue weighted by Gasteiger charge is 2.47. The van der Waals surface area contributed by atoms with Crippen LogP contribution in [-0.4, -0.2) is 61.6 Å². The highest BCUT2D eigenvalue weighted by atomic mass is 127. The van der Waals surface area contributed by atoms with Crippen molar-refractivity contribution in [1.82, 2.24) is 0 Å². The first kappa shape index (κ1) is 21.5. The van der Waals surface area contributed by atoms with Crippen LogP contribution in [0.15, 0.2) is 10.2 Å². The SMILES string of the molecule is C=C(I)C(=O)OCCC(=O)OC(C1COC(C)(C)O1)C1COC(C)(C)O1. The molecule has 148 valence electrons. The predicted octanol–water partition coefficient (Wildman–Crippen LogP) is 2.08. The van der Waals surface area contributed by atoms with Crippen molar-refractivity contribution < 1.29 is 38.0 Å². The summed E-state index contributed by atoms with van der Waals surface area (Å²) in [4.78, 5) is 23.6. The van der Waals surface area contributed by atoms with E-state index in [1.165, 1.54) is 0 Å². The predicted molar refractivity (Wildman–Crippen MR) is 98.4 cm³/mol. The summed E-state index contributed by atoms with van der Waals surface area (Å²) in [6, 6.07) is 0. The van der Waals surface area contributed by atoms with Gasteiger partial charge in [-0.25, -0.2) is 4.79 Å². The molecule has 0 saturated carbocycles. The number of esters is 2. The Bertz CT molecular complexity index is 533. The van der Waals surface area contributed by atoms with Gasteiger partial charge in [0.05, 0.1) is 23.2 Å². The Balaban J connectivity index is 1.95. The Hall–Kier alpha value is -0.750. The number of carbonyl (C=O) groups is 2. The van der Waals surface area contributed by atoms with Gasteiger partial charge in [0.25, 0.3) is 0 Å². The van der Waals surface area contributed by atoms with Crippen molar-refractivity contribution >= 4 is 34.5 Å². The normalized spacial score (nSPS) is 27.7. The molecule has 2 rings (SSSR count). The molecular weight excluding hydrogens is 459 g/mol. The molecule has 2 heterocycles. The van der Waals surface area contributed by atoms with Crippen LogP contribution in [-0.2, 0) is 38.0 Å². The standard InChI is InChI=1S/C17H25IO8/c1-10(18)15(20)21-7-6-13(19)24-14(11-8-22-16(2,3)25-11)12-9-23-17(4,5)26-12/h11-12,14H,1,6-9H2,2-5H3. The van der Waals surface area contributed by atoms with Crippen LogP contribution in [0.4, 0.5) is 0 Å². The van der Waals surface area contributed by atoms with Gasteiger partial charge in [0.2, 0.25) is 0 Å². The molecule has 0 aromatic carbocycles. The molecule has 0 aliphatic carbocycles. The zero-order chi connectivity index (χ0) is 19.5. The molecule has 9 heteroatoms. The Morgan fingerprint density at radius 2 is 1.62 bits per heavy atom. The second-order valence-electron chi connectivity index (χ2n) is 6.98. The molecule has 2 fully saturated rings. The summed E-state index contributed by atoms with van der Waals surface area (Å²) in [6.45, 7) is 11.1. The third kappa shape index (κ3) is 6.15. The number of hydrogen-bond acceptors (Lipinski definition) is 8. The van der Waals surface area contributed by atoms with Crippen molar-refractivity contribution in [2.45, 2.75) is 64.0 Å². The minimum absolute atomic E-state index is 0.0832. The summed E-state index contributed by atoms with van der Waals surface area (Å²) in [5.74, 6) is -2.61. The number of rotatable bonds is 7. The van der Waals surface area contributed by atoms with Crippen molar-refractivity contribution in [3.05, 3.63) is 10.2 Å². The molecule has 0 N–H and O–H groups in total. The Morgan fingerprint density at radius 3 is 2.00 bits per heavy atom. The molecule has 2 unspecified atom stereocenters. The van der Waals surface area contributed by atoms with Gasteiger partial charge >= 0.3 is 11.9 Å². The minimum atomic E-state index is -0.763. The molecule has 2 aliphatic heterocycles. The Labute approximate surface area is 166 Å². The maximum Gasteiger partial charge on any atom is 0.343 e. The van der Waals surface area contributed by atoms with E-state index in [-0.39, 0.29) is 29.8 Å². The first-order valence-electron chi connectivity index (χ1n) is 8.34. The largest absolute Gasteiger partial charge is 0.461 e. The quantitative estimate of drug-likeness (QED) is 0.309. The van der Waals surface area contributed by atoms with E-state index in [0.29, 0.717) is 0 Å². The lowest BCUT2D eigenvalue weighted by Crippen LogP contribution is -2.45. The maximum absolute atomic E-state index is 12.2. The maximum atomic E-state index is 12.2. The monoisotopic (exact) mass is 484 g/mol. The van der Waals surface area contributed by atoms with Gasteiger partial charge in [-0.1, -0.05) is 6.58 Å². The summed E-state index contributed by atoms with van der Waals surface area (Å²) >= 11 is 1.76. The first-order chi connectivity index (χ1) is 12.0. The fourth-order valence-corrected chi connectivity index (χ4v) is 2.82. The van der Waals surface area contributed by atoms with Crippen molar-refractivity contribution in [2.75, 3.05) is 19.8 Å². The smallest absolute Gasteiger partial charge is 0.343 e. The highest BCUT2D eigenvalue weighted by molar-refractivity contribution is 14.1. The zero-order valence-electron chi connectivity index (χ0n) is 15.4. The van der Waals surface area contributed by atoms with Gasteiger partial charge in [0.1, 0.15) is 18.8 Å². The van der Waals surface area contributed by atoms with Crippen molar-refractivity contribution in [1.29, 1.82) is 0 Å². The fourth-order valence-electron chi connectivity index (χ4n) is 2.66. The average Bonchev–Trinajstić information content (AvgIpc) is 3.06. The zero-order valence-corrected chi connectivity index (χ0v) is 17.6. The van der Waals surface area contributed by atoms with Gasteiger partial charge in [-0.05, 0) is 50.3 Å². The first-order valence-corrected chi connectivity index (χ1v) is 9.41. The van der Waals surface area contributed by atoms with E-state index in [9.17, 15) is 9.59 Å². The molecule has 0 aromatic rings. The molecule has 0 amide bonds. The number of halogens is 1. The molecule has 0 bridgehead atoms. The lowest BCUT2D eigenvalue weighted by Gasteiger charge is -2.28. The van der Waals surface area contributed by atoms with Crippen molar-refractivity contribution in [3.8, 4) is 0 Å². The number of carbonyl (C=O) groups excluding carboxylic acids is 2. The summed E-state index contributed by atoms with van der Waals surface area (Å²) in [6.07, 6.45) is -1.73. The van der Waals surface area contributed by atoms with E-state index in [4.69, 9.17) is 28.4 Å². The van der Waals surface area contributed by atoms with Crippen LogP contribution in [0.1, 0.15) is 34.1 Å². The topological polar surface area (TPSA) is 89.5 Å². The van der Waals surface area contributed by atoms with Crippen LogP contribution in [0.3, 0.4) is 0 Å². The molecule has 0 aromatic heterocycles. The fraction of sp³-hybridized carbons (Fsp3) is 0.765. The summed E-state index contributed by atoms with van der Waals surface area (Å²) in [5, 5.41) is 0. The Morgan fingerprint density at radius 1 is 1.12 bits per heavy atom. The molecule has 0 spiro atoms. The molecule has 2 atom stereocenters. The third-order valence-corrected chi connectivity index (χ3v) is 4.26. The minimum Gasteiger partial charge on any atom is -0.461 e. The lowest BCUT2D eigenvalue weighted by atomic mass is 10.1. The molecule has 2 aliphatic rings. The summed E-state index contributed by atoms with van der Waals surface area (Å²) in [7, 11) is 0. The van der Waals surface area contributed by atoms with Crippen LogP contribution in [0.5, 0.6) is 0 Å². The van der Waals surface area contributed by atoms with Crippen LogP contribution < -0.4 is 0 Å². The van der Waals surface area contributed by atoms with Gasteiger partial charge in [-0.3, -0.25) is 4.79 Å². The summed E-state index contributed by atoms with van der Waals surface area (Å²) < 4.78 is 33.6. The molecule has 8 nitrogen and oxygen atoms in total. The van der Waals surface area contributed by atoms with E-state index >= 15 is 0 Å². The Kier molecular flexibility index (Phi) is 7.05. The molecule has 2 saturated heterocycles. The van der Waals surface area contributed by atoms with Crippen molar-refractivity contribution in [3.63, 3.8) is 0 Å². The highest BCUT2D eigenvalue weighted by Crippen LogP contribution is 2.32. The van der Waals surface area contributed by atoms with Gasteiger partial charge in [-0.2, -0.15) is 0 Å². The van der Waals surface area contributed by atoms with Crippen LogP contribution in [0, 0.1) is 0 Å². The molecule has 26 heavy (non-hydrogen) atoms. The second-order valence-corrected chi connectivity index (χ2v) is 8.28. The summed E-state index contributed by atoms with van der Waals surface area (Å²) in [5.41, 5.74) is 0. The molecule has 0 radical (unpaired) electrons. The van der Waals surface area contributed by atoms with Crippen LogP contribution >= 0.6 is 22.6 Å². The van der Waals surface area contributed by atoms with Crippen LogP contribution in [0.2, 0.25) is 0 Å².